The third-order valence-electron chi connectivity index (χ3n) is 4.50. The SMILES string of the molecule is COc1ccc(NS(=O)(=O)c2cc(NC(=O)CCSc3ccccc3Cl)ccc2OC)cc1. The standard InChI is InChI=1S/C23H23ClN2O5S2/c1-30-18-10-7-16(8-11-18)26-33(28,29)22-15-17(9-12-20(22)31-2)25-23(27)13-14-32-21-6-4-3-5-19(21)24/h3-12,15,26H,13-14H2,1-2H3,(H,25,27). The number of amides is 1. The largest absolute Gasteiger partial charge is 0.497 e. The molecule has 3 aromatic rings. The van der Waals surface area contributed by atoms with Crippen molar-refractivity contribution in [1.82, 2.24) is 0 Å². The molecule has 0 aliphatic heterocycles. The lowest BCUT2D eigenvalue weighted by molar-refractivity contribution is -0.115. The Morgan fingerprint density at radius 2 is 1.67 bits per heavy atom. The van der Waals surface area contributed by atoms with Gasteiger partial charge in [-0.15, -0.1) is 11.8 Å². The summed E-state index contributed by atoms with van der Waals surface area (Å²) in [6.45, 7) is 0. The molecule has 0 fully saturated rings. The molecule has 10 heteroatoms. The lowest BCUT2D eigenvalue weighted by Crippen LogP contribution is -2.16. The van der Waals surface area contributed by atoms with Gasteiger partial charge in [0.15, 0.2) is 0 Å². The topological polar surface area (TPSA) is 93.7 Å². The van der Waals surface area contributed by atoms with Crippen molar-refractivity contribution in [3.05, 3.63) is 71.8 Å². The number of thioether (sulfide) groups is 1. The normalized spacial score (nSPS) is 11.0. The van der Waals surface area contributed by atoms with Crippen LogP contribution >= 0.6 is 23.4 Å². The molecule has 0 saturated carbocycles. The van der Waals surface area contributed by atoms with Gasteiger partial charge in [0.2, 0.25) is 5.91 Å². The van der Waals surface area contributed by atoms with Gasteiger partial charge < -0.3 is 14.8 Å². The number of ether oxygens (including phenoxy) is 2. The van der Waals surface area contributed by atoms with Crippen LogP contribution < -0.4 is 19.5 Å². The molecule has 0 aliphatic rings. The van der Waals surface area contributed by atoms with Crippen molar-refractivity contribution >= 4 is 50.7 Å². The van der Waals surface area contributed by atoms with Crippen molar-refractivity contribution < 1.29 is 22.7 Å². The van der Waals surface area contributed by atoms with E-state index in [2.05, 4.69) is 10.0 Å². The molecule has 0 unspecified atom stereocenters. The highest BCUT2D eigenvalue weighted by molar-refractivity contribution is 7.99. The van der Waals surface area contributed by atoms with Crippen LogP contribution in [0.1, 0.15) is 6.42 Å². The number of hydrogen-bond acceptors (Lipinski definition) is 6. The number of nitrogens with one attached hydrogen (secondary N) is 2. The van der Waals surface area contributed by atoms with Crippen LogP contribution in [-0.4, -0.2) is 34.3 Å². The second-order valence-corrected chi connectivity index (χ2v) is 9.97. The van der Waals surface area contributed by atoms with E-state index in [1.54, 1.807) is 36.4 Å². The van der Waals surface area contributed by atoms with Crippen LogP contribution in [0.15, 0.2) is 76.5 Å². The third kappa shape index (κ3) is 6.80. The fourth-order valence-corrected chi connectivity index (χ4v) is 5.31. The first kappa shape index (κ1) is 24.8. The second-order valence-electron chi connectivity index (χ2n) is 6.78. The quantitative estimate of drug-likeness (QED) is 0.363. The fourth-order valence-electron chi connectivity index (χ4n) is 2.87. The van der Waals surface area contributed by atoms with Gasteiger partial charge in [-0.25, -0.2) is 8.42 Å². The maximum Gasteiger partial charge on any atom is 0.265 e. The van der Waals surface area contributed by atoms with E-state index in [4.69, 9.17) is 21.1 Å². The molecule has 0 heterocycles. The Balaban J connectivity index is 1.68. The van der Waals surface area contributed by atoms with Gasteiger partial charge >= 0.3 is 0 Å². The molecule has 0 atom stereocenters. The van der Waals surface area contributed by atoms with Crippen LogP contribution in [0.5, 0.6) is 11.5 Å². The van der Waals surface area contributed by atoms with Crippen LogP contribution in [0.4, 0.5) is 11.4 Å². The van der Waals surface area contributed by atoms with Gasteiger partial charge in [0.1, 0.15) is 16.4 Å². The zero-order valence-electron chi connectivity index (χ0n) is 18.0. The highest BCUT2D eigenvalue weighted by Crippen LogP contribution is 2.30. The zero-order valence-corrected chi connectivity index (χ0v) is 20.4. The first-order chi connectivity index (χ1) is 15.8. The van der Waals surface area contributed by atoms with E-state index in [1.165, 1.54) is 38.1 Å². The van der Waals surface area contributed by atoms with E-state index in [0.717, 1.165) is 4.90 Å². The van der Waals surface area contributed by atoms with Crippen molar-refractivity contribution in [2.75, 3.05) is 30.0 Å². The summed E-state index contributed by atoms with van der Waals surface area (Å²) in [5.41, 5.74) is 0.711. The average molecular weight is 507 g/mol. The monoisotopic (exact) mass is 506 g/mol. The molecule has 3 rings (SSSR count). The Morgan fingerprint density at radius 1 is 0.970 bits per heavy atom. The second kappa shape index (κ2) is 11.3. The number of anilines is 2. The van der Waals surface area contributed by atoms with E-state index in [9.17, 15) is 13.2 Å². The van der Waals surface area contributed by atoms with Crippen molar-refractivity contribution in [2.45, 2.75) is 16.2 Å². The molecule has 1 amide bonds. The van der Waals surface area contributed by atoms with Gasteiger partial charge in [0.25, 0.3) is 10.0 Å². The number of hydrogen-bond donors (Lipinski definition) is 2. The summed E-state index contributed by atoms with van der Waals surface area (Å²) in [6.07, 6.45) is 0.230. The predicted octanol–water partition coefficient (Wildman–Crippen LogP) is 5.28. The lowest BCUT2D eigenvalue weighted by atomic mass is 10.3. The number of sulfonamides is 1. The first-order valence-electron chi connectivity index (χ1n) is 9.84. The van der Waals surface area contributed by atoms with Crippen LogP contribution in [0, 0.1) is 0 Å². The van der Waals surface area contributed by atoms with E-state index < -0.39 is 10.0 Å². The summed E-state index contributed by atoms with van der Waals surface area (Å²) in [5.74, 6) is 1.04. The minimum absolute atomic E-state index is 0.0935. The zero-order chi connectivity index (χ0) is 23.8. The number of carbonyl (C=O) groups is 1. The Bertz CT molecular complexity index is 1220. The average Bonchev–Trinajstić information content (AvgIpc) is 2.80. The van der Waals surface area contributed by atoms with Crippen molar-refractivity contribution in [3.63, 3.8) is 0 Å². The number of halogens is 1. The minimum atomic E-state index is -3.98. The highest BCUT2D eigenvalue weighted by atomic mass is 35.5. The first-order valence-corrected chi connectivity index (χ1v) is 12.7. The lowest BCUT2D eigenvalue weighted by Gasteiger charge is -2.14. The molecule has 0 radical (unpaired) electrons. The summed E-state index contributed by atoms with van der Waals surface area (Å²) in [4.78, 5) is 13.2. The number of rotatable bonds is 10. The Hall–Kier alpha value is -2.88. The van der Waals surface area contributed by atoms with Crippen LogP contribution in [0.3, 0.4) is 0 Å². The summed E-state index contributed by atoms with van der Waals surface area (Å²) < 4.78 is 38.8. The molecular formula is C23H23ClN2O5S2. The maximum atomic E-state index is 13.0. The van der Waals surface area contributed by atoms with Crippen LogP contribution in [-0.2, 0) is 14.8 Å². The summed E-state index contributed by atoms with van der Waals surface area (Å²) in [6, 6.07) is 18.3. The number of carbonyl (C=O) groups excluding carboxylic acids is 1. The third-order valence-corrected chi connectivity index (χ3v) is 7.42. The molecule has 0 aliphatic carbocycles. The smallest absolute Gasteiger partial charge is 0.265 e. The van der Waals surface area contributed by atoms with E-state index in [-0.39, 0.29) is 23.0 Å². The summed E-state index contributed by atoms with van der Waals surface area (Å²) in [5, 5.41) is 3.37. The molecule has 0 aromatic heterocycles. The number of benzene rings is 3. The molecular weight excluding hydrogens is 484 g/mol. The van der Waals surface area contributed by atoms with E-state index >= 15 is 0 Å². The van der Waals surface area contributed by atoms with Crippen molar-refractivity contribution in [1.29, 1.82) is 0 Å². The Labute approximate surface area is 202 Å². The van der Waals surface area contributed by atoms with Gasteiger partial charge in [0.05, 0.1) is 19.2 Å². The van der Waals surface area contributed by atoms with Gasteiger partial charge in [-0.1, -0.05) is 23.7 Å². The van der Waals surface area contributed by atoms with Crippen molar-refractivity contribution in [3.8, 4) is 11.5 Å². The molecule has 2 N–H and O–H groups in total. The molecule has 0 saturated heterocycles. The highest BCUT2D eigenvalue weighted by Gasteiger charge is 2.21. The minimum Gasteiger partial charge on any atom is -0.497 e. The van der Waals surface area contributed by atoms with Gasteiger partial charge in [0, 0.05) is 28.4 Å². The summed E-state index contributed by atoms with van der Waals surface area (Å²) in [7, 11) is -1.07. The van der Waals surface area contributed by atoms with Crippen LogP contribution in [0.25, 0.3) is 0 Å². The fraction of sp³-hybridized carbons (Fsp3) is 0.174. The molecule has 7 nitrogen and oxygen atoms in total. The van der Waals surface area contributed by atoms with E-state index in [1.807, 2.05) is 18.2 Å². The molecule has 33 heavy (non-hydrogen) atoms. The van der Waals surface area contributed by atoms with Gasteiger partial charge in [-0.05, 0) is 54.6 Å². The number of methoxy groups -OCH3 is 2. The van der Waals surface area contributed by atoms with Gasteiger partial charge in [-0.2, -0.15) is 0 Å². The van der Waals surface area contributed by atoms with Crippen LogP contribution in [0.2, 0.25) is 5.02 Å². The Morgan fingerprint density at radius 3 is 2.33 bits per heavy atom. The van der Waals surface area contributed by atoms with E-state index in [0.29, 0.717) is 27.9 Å². The molecule has 0 bridgehead atoms. The summed E-state index contributed by atoms with van der Waals surface area (Å²) >= 11 is 7.60. The molecule has 0 spiro atoms. The predicted molar refractivity (Wildman–Crippen MR) is 132 cm³/mol. The molecule has 174 valence electrons. The van der Waals surface area contributed by atoms with Crippen molar-refractivity contribution in [2.24, 2.45) is 0 Å². The Kier molecular flexibility index (Phi) is 8.49. The van der Waals surface area contributed by atoms with Gasteiger partial charge in [-0.3, -0.25) is 9.52 Å². The molecule has 3 aromatic carbocycles. The maximum absolute atomic E-state index is 13.0.